The highest BCUT2D eigenvalue weighted by Gasteiger charge is 2.21. The number of hydrogen-bond donors (Lipinski definition) is 1. The Morgan fingerprint density at radius 3 is 2.45 bits per heavy atom. The second-order valence-electron chi connectivity index (χ2n) is 3.43. The van der Waals surface area contributed by atoms with E-state index < -0.39 is 0 Å². The first-order chi connectivity index (χ1) is 5.27. The minimum absolute atomic E-state index is 0.0880. The van der Waals surface area contributed by atoms with Crippen LogP contribution in [0.4, 0.5) is 0 Å². The fourth-order valence-electron chi connectivity index (χ4n) is 1.70. The van der Waals surface area contributed by atoms with Gasteiger partial charge in [0.15, 0.2) is 0 Å². The number of aliphatic hydroxyl groups excluding tert-OH is 1. The molecule has 1 N–H and O–H groups in total. The van der Waals surface area contributed by atoms with Crippen LogP contribution in [-0.2, 0) is 0 Å². The molecule has 3 atom stereocenters. The van der Waals surface area contributed by atoms with Gasteiger partial charge in [-0.1, -0.05) is 26.0 Å². The van der Waals surface area contributed by atoms with Gasteiger partial charge in [-0.3, -0.25) is 0 Å². The molecule has 3 unspecified atom stereocenters. The Kier molecular flexibility index (Phi) is 3.13. The molecule has 0 spiro atoms. The summed E-state index contributed by atoms with van der Waals surface area (Å²) in [6.07, 6.45) is 7.54. The topological polar surface area (TPSA) is 20.2 Å². The maximum Gasteiger partial charge on any atom is 0.0608 e. The highest BCUT2D eigenvalue weighted by atomic mass is 16.3. The smallest absolute Gasteiger partial charge is 0.0608 e. The van der Waals surface area contributed by atoms with Gasteiger partial charge in [0.2, 0.25) is 0 Å². The molecule has 64 valence electrons. The van der Waals surface area contributed by atoms with Crippen molar-refractivity contribution in [1.29, 1.82) is 0 Å². The maximum absolute atomic E-state index is 9.62. The fourth-order valence-corrected chi connectivity index (χ4v) is 1.70. The molecule has 11 heavy (non-hydrogen) atoms. The van der Waals surface area contributed by atoms with Gasteiger partial charge < -0.3 is 5.11 Å². The summed E-state index contributed by atoms with van der Waals surface area (Å²) in [5, 5.41) is 9.62. The summed E-state index contributed by atoms with van der Waals surface area (Å²) in [7, 11) is 0. The quantitative estimate of drug-likeness (QED) is 0.605. The molecule has 0 saturated carbocycles. The second kappa shape index (κ2) is 3.91. The van der Waals surface area contributed by atoms with Crippen molar-refractivity contribution in [2.24, 2.45) is 11.8 Å². The molecule has 1 rings (SSSR count). The van der Waals surface area contributed by atoms with E-state index in [4.69, 9.17) is 0 Å². The van der Waals surface area contributed by atoms with E-state index in [9.17, 15) is 5.11 Å². The summed E-state index contributed by atoms with van der Waals surface area (Å²) in [5.74, 6) is 1.03. The molecule has 0 aromatic rings. The van der Waals surface area contributed by atoms with Gasteiger partial charge in [0.1, 0.15) is 0 Å². The number of allylic oxidation sites excluding steroid dienone is 1. The van der Waals surface area contributed by atoms with Crippen LogP contribution in [0.15, 0.2) is 12.2 Å². The molecule has 0 amide bonds. The van der Waals surface area contributed by atoms with Crippen molar-refractivity contribution in [3.63, 3.8) is 0 Å². The maximum atomic E-state index is 9.62. The van der Waals surface area contributed by atoms with Crippen molar-refractivity contribution in [3.05, 3.63) is 12.2 Å². The standard InChI is InChI=1S/C10H18O/c1-3-8-5-6-9(4-2)10(11)7-8/h5-6,8-11H,3-4,7H2,1-2H3. The Balaban J connectivity index is 2.51. The van der Waals surface area contributed by atoms with Gasteiger partial charge in [0, 0.05) is 5.92 Å². The minimum Gasteiger partial charge on any atom is -0.392 e. The summed E-state index contributed by atoms with van der Waals surface area (Å²) in [5.41, 5.74) is 0. The second-order valence-corrected chi connectivity index (χ2v) is 3.43. The zero-order valence-electron chi connectivity index (χ0n) is 7.46. The molecule has 0 radical (unpaired) electrons. The molecule has 0 heterocycles. The molecule has 1 aliphatic rings. The molecule has 0 aromatic heterocycles. The molecule has 0 fully saturated rings. The molecule has 0 saturated heterocycles. The van der Waals surface area contributed by atoms with E-state index in [0.29, 0.717) is 11.8 Å². The Labute approximate surface area is 69.1 Å². The average molecular weight is 154 g/mol. The van der Waals surface area contributed by atoms with Crippen LogP contribution in [-0.4, -0.2) is 11.2 Å². The van der Waals surface area contributed by atoms with Gasteiger partial charge in [-0.25, -0.2) is 0 Å². The first-order valence-corrected chi connectivity index (χ1v) is 4.64. The van der Waals surface area contributed by atoms with Crippen molar-refractivity contribution in [1.82, 2.24) is 0 Å². The van der Waals surface area contributed by atoms with Crippen LogP contribution < -0.4 is 0 Å². The summed E-state index contributed by atoms with van der Waals surface area (Å²) >= 11 is 0. The number of rotatable bonds is 2. The van der Waals surface area contributed by atoms with Crippen molar-refractivity contribution < 1.29 is 5.11 Å². The lowest BCUT2D eigenvalue weighted by molar-refractivity contribution is 0.0979. The van der Waals surface area contributed by atoms with Gasteiger partial charge in [-0.2, -0.15) is 0 Å². The average Bonchev–Trinajstić information content (AvgIpc) is 2.04. The zero-order chi connectivity index (χ0) is 8.27. The summed E-state index contributed by atoms with van der Waals surface area (Å²) < 4.78 is 0. The van der Waals surface area contributed by atoms with E-state index in [2.05, 4.69) is 26.0 Å². The van der Waals surface area contributed by atoms with E-state index in [0.717, 1.165) is 19.3 Å². The molecular formula is C10H18O. The first kappa shape index (κ1) is 8.79. The largest absolute Gasteiger partial charge is 0.392 e. The Hall–Kier alpha value is -0.300. The Morgan fingerprint density at radius 1 is 1.27 bits per heavy atom. The number of aliphatic hydroxyl groups is 1. The Morgan fingerprint density at radius 2 is 2.00 bits per heavy atom. The van der Waals surface area contributed by atoms with Gasteiger partial charge >= 0.3 is 0 Å². The normalized spacial score (nSPS) is 37.5. The highest BCUT2D eigenvalue weighted by Crippen LogP contribution is 2.26. The van der Waals surface area contributed by atoms with Crippen molar-refractivity contribution in [2.75, 3.05) is 0 Å². The molecule has 1 nitrogen and oxygen atoms in total. The summed E-state index contributed by atoms with van der Waals surface area (Å²) in [6, 6.07) is 0. The van der Waals surface area contributed by atoms with Crippen molar-refractivity contribution in [3.8, 4) is 0 Å². The predicted molar refractivity (Wildman–Crippen MR) is 47.3 cm³/mol. The van der Waals surface area contributed by atoms with E-state index in [1.807, 2.05) is 0 Å². The van der Waals surface area contributed by atoms with Crippen LogP contribution in [0.3, 0.4) is 0 Å². The lowest BCUT2D eigenvalue weighted by Gasteiger charge is -2.26. The lowest BCUT2D eigenvalue weighted by Crippen LogP contribution is -2.24. The molecular weight excluding hydrogens is 136 g/mol. The van der Waals surface area contributed by atoms with Crippen LogP contribution in [0.2, 0.25) is 0 Å². The van der Waals surface area contributed by atoms with E-state index in [1.165, 1.54) is 0 Å². The molecule has 0 aliphatic heterocycles. The van der Waals surface area contributed by atoms with Crippen LogP contribution in [0, 0.1) is 11.8 Å². The summed E-state index contributed by atoms with van der Waals surface area (Å²) in [4.78, 5) is 0. The molecule has 0 aromatic carbocycles. The van der Waals surface area contributed by atoms with Crippen LogP contribution in [0.1, 0.15) is 33.1 Å². The molecule has 1 heteroatoms. The van der Waals surface area contributed by atoms with Gasteiger partial charge in [-0.15, -0.1) is 0 Å². The lowest BCUT2D eigenvalue weighted by atomic mass is 9.84. The fraction of sp³-hybridized carbons (Fsp3) is 0.800. The monoisotopic (exact) mass is 154 g/mol. The molecule has 1 aliphatic carbocycles. The van der Waals surface area contributed by atoms with Crippen LogP contribution in [0.25, 0.3) is 0 Å². The van der Waals surface area contributed by atoms with Crippen LogP contribution in [0.5, 0.6) is 0 Å². The van der Waals surface area contributed by atoms with Gasteiger partial charge in [0.05, 0.1) is 6.10 Å². The third-order valence-electron chi connectivity index (χ3n) is 2.66. The van der Waals surface area contributed by atoms with Crippen molar-refractivity contribution in [2.45, 2.75) is 39.2 Å². The third-order valence-corrected chi connectivity index (χ3v) is 2.66. The Bertz CT molecular complexity index is 140. The first-order valence-electron chi connectivity index (χ1n) is 4.64. The number of hydrogen-bond acceptors (Lipinski definition) is 1. The van der Waals surface area contributed by atoms with Crippen molar-refractivity contribution >= 4 is 0 Å². The van der Waals surface area contributed by atoms with E-state index >= 15 is 0 Å². The highest BCUT2D eigenvalue weighted by molar-refractivity contribution is 5.00. The third kappa shape index (κ3) is 2.06. The van der Waals surface area contributed by atoms with E-state index in [-0.39, 0.29) is 6.10 Å². The SMILES string of the molecule is CCC1C=CC(CC)C(O)C1. The summed E-state index contributed by atoms with van der Waals surface area (Å²) in [6.45, 7) is 4.30. The predicted octanol–water partition coefficient (Wildman–Crippen LogP) is 2.36. The van der Waals surface area contributed by atoms with Crippen LogP contribution >= 0.6 is 0 Å². The zero-order valence-corrected chi connectivity index (χ0v) is 7.46. The molecule has 0 bridgehead atoms. The minimum atomic E-state index is -0.0880. The van der Waals surface area contributed by atoms with Gasteiger partial charge in [0.25, 0.3) is 0 Å². The van der Waals surface area contributed by atoms with Gasteiger partial charge in [-0.05, 0) is 25.2 Å². The van der Waals surface area contributed by atoms with E-state index in [1.54, 1.807) is 0 Å².